The van der Waals surface area contributed by atoms with E-state index in [-0.39, 0.29) is 6.61 Å². The maximum Gasteiger partial charge on any atom is 0.379 e. The molecule has 0 fully saturated rings. The number of halogens is 1. The smallest absolute Gasteiger partial charge is 0.379 e. The fourth-order valence-corrected chi connectivity index (χ4v) is 2.06. The van der Waals surface area contributed by atoms with Crippen LogP contribution in [0.25, 0.3) is 6.08 Å². The Morgan fingerprint density at radius 2 is 1.88 bits per heavy atom. The molecule has 0 amide bonds. The first-order chi connectivity index (χ1) is 11.6. The Balaban J connectivity index is 2.27. The van der Waals surface area contributed by atoms with Crippen molar-refractivity contribution >= 4 is 29.4 Å². The second-order valence-electron chi connectivity index (χ2n) is 4.77. The first kappa shape index (κ1) is 17.5. The highest BCUT2D eigenvalue weighted by molar-refractivity contribution is 6.39. The molecule has 24 heavy (non-hydrogen) atoms. The Hall–Kier alpha value is -2.83. The number of benzene rings is 2. The molecule has 2 rings (SSSR count). The zero-order chi connectivity index (χ0) is 17.4. The van der Waals surface area contributed by atoms with E-state index >= 15 is 0 Å². The normalized spacial score (nSPS) is 10.1. The predicted octanol–water partition coefficient (Wildman–Crippen LogP) is 3.89. The average molecular weight is 339 g/mol. The van der Waals surface area contributed by atoms with Gasteiger partial charge in [0, 0.05) is 16.1 Å². The van der Waals surface area contributed by atoms with Gasteiger partial charge in [0.2, 0.25) is 0 Å². The van der Waals surface area contributed by atoms with E-state index in [0.717, 1.165) is 11.6 Å². The van der Waals surface area contributed by atoms with E-state index in [9.17, 15) is 9.59 Å². The first-order valence-electron chi connectivity index (χ1n) is 7.36. The molecule has 120 valence electrons. The maximum absolute atomic E-state index is 11.7. The van der Waals surface area contributed by atoms with Crippen LogP contribution in [0.15, 0.2) is 54.6 Å². The summed E-state index contributed by atoms with van der Waals surface area (Å²) in [7, 11) is 0. The van der Waals surface area contributed by atoms with Gasteiger partial charge in [-0.3, -0.25) is 4.79 Å². The van der Waals surface area contributed by atoms with Gasteiger partial charge in [-0.2, -0.15) is 0 Å². The van der Waals surface area contributed by atoms with Gasteiger partial charge in [-0.05, 0) is 55.0 Å². The number of hydrogen-bond acceptors (Lipinski definition) is 3. The number of carbonyl (C=O) groups excluding carboxylic acids is 2. The molecule has 2 aromatic carbocycles. The molecule has 0 spiro atoms. The van der Waals surface area contributed by atoms with Crippen LogP contribution in [0.5, 0.6) is 0 Å². The molecule has 0 radical (unpaired) electrons. The third kappa shape index (κ3) is 5.12. The average Bonchev–Trinajstić information content (AvgIpc) is 2.60. The van der Waals surface area contributed by atoms with Gasteiger partial charge < -0.3 is 4.74 Å². The number of rotatable bonds is 4. The molecule has 0 aromatic heterocycles. The Bertz CT molecular complexity index is 827. The Kier molecular flexibility index (Phi) is 6.36. The minimum atomic E-state index is -0.882. The number of hydrogen-bond donors (Lipinski definition) is 0. The molecule has 3 nitrogen and oxygen atoms in total. The van der Waals surface area contributed by atoms with Gasteiger partial charge in [-0.25, -0.2) is 4.79 Å². The Morgan fingerprint density at radius 3 is 2.58 bits per heavy atom. The van der Waals surface area contributed by atoms with Crippen molar-refractivity contribution in [1.82, 2.24) is 0 Å². The van der Waals surface area contributed by atoms with Gasteiger partial charge >= 0.3 is 5.97 Å². The second kappa shape index (κ2) is 8.71. The standard InChI is InChI=1S/C20H15ClO3/c1-2-24-20(23)19(22)13-11-17-14-18(21)12-10-16(17)9-8-15-6-4-3-5-7-15/h3-7,10-14H,2H2,1H3/b13-11+. The lowest BCUT2D eigenvalue weighted by Gasteiger charge is -2.00. The molecule has 0 aliphatic rings. The van der Waals surface area contributed by atoms with Crippen LogP contribution in [-0.4, -0.2) is 18.4 Å². The van der Waals surface area contributed by atoms with E-state index in [0.29, 0.717) is 16.1 Å². The summed E-state index contributed by atoms with van der Waals surface area (Å²) in [6.07, 6.45) is 2.68. The van der Waals surface area contributed by atoms with Gasteiger partial charge in [0.05, 0.1) is 6.61 Å². The summed E-state index contributed by atoms with van der Waals surface area (Å²) in [5.74, 6) is 4.49. The van der Waals surface area contributed by atoms with Crippen molar-refractivity contribution in [2.24, 2.45) is 0 Å². The Labute approximate surface area is 145 Å². The summed E-state index contributed by atoms with van der Waals surface area (Å²) in [4.78, 5) is 23.0. The molecule has 2 aromatic rings. The second-order valence-corrected chi connectivity index (χ2v) is 5.20. The minimum absolute atomic E-state index is 0.156. The van der Waals surface area contributed by atoms with Gasteiger partial charge in [0.15, 0.2) is 0 Å². The van der Waals surface area contributed by atoms with E-state index in [1.807, 2.05) is 30.3 Å². The fourth-order valence-electron chi connectivity index (χ4n) is 1.88. The number of ether oxygens (including phenoxy) is 1. The van der Waals surface area contributed by atoms with Crippen molar-refractivity contribution in [3.63, 3.8) is 0 Å². The van der Waals surface area contributed by atoms with Gasteiger partial charge in [0.1, 0.15) is 0 Å². The van der Waals surface area contributed by atoms with E-state index in [1.165, 1.54) is 6.08 Å². The van der Waals surface area contributed by atoms with Crippen LogP contribution in [0, 0.1) is 11.8 Å². The van der Waals surface area contributed by atoms with E-state index in [1.54, 1.807) is 25.1 Å². The largest absolute Gasteiger partial charge is 0.460 e. The molecule has 0 saturated carbocycles. The van der Waals surface area contributed by atoms with Crippen molar-refractivity contribution in [2.45, 2.75) is 6.92 Å². The van der Waals surface area contributed by atoms with Crippen molar-refractivity contribution in [3.8, 4) is 11.8 Å². The Morgan fingerprint density at radius 1 is 1.12 bits per heavy atom. The third-order valence-electron chi connectivity index (χ3n) is 3.02. The summed E-state index contributed by atoms with van der Waals surface area (Å²) in [6.45, 7) is 1.80. The SMILES string of the molecule is CCOC(=O)C(=O)/C=C/c1cc(Cl)ccc1C#Cc1ccccc1. The van der Waals surface area contributed by atoms with Gasteiger partial charge in [-0.15, -0.1) is 0 Å². The molecule has 0 N–H and O–H groups in total. The molecule has 0 unspecified atom stereocenters. The number of ketones is 1. The van der Waals surface area contributed by atoms with Crippen LogP contribution in [0.3, 0.4) is 0 Å². The number of esters is 1. The minimum Gasteiger partial charge on any atom is -0.460 e. The van der Waals surface area contributed by atoms with Crippen LogP contribution in [-0.2, 0) is 14.3 Å². The lowest BCUT2D eigenvalue weighted by molar-refractivity contribution is -0.151. The predicted molar refractivity (Wildman–Crippen MR) is 94.5 cm³/mol. The van der Waals surface area contributed by atoms with Crippen LogP contribution >= 0.6 is 11.6 Å². The van der Waals surface area contributed by atoms with Gasteiger partial charge in [-0.1, -0.05) is 41.6 Å². The highest BCUT2D eigenvalue weighted by Gasteiger charge is 2.10. The molecule has 4 heteroatoms. The topological polar surface area (TPSA) is 43.4 Å². The highest BCUT2D eigenvalue weighted by atomic mass is 35.5. The van der Waals surface area contributed by atoms with E-state index in [2.05, 4.69) is 16.6 Å². The monoisotopic (exact) mass is 338 g/mol. The van der Waals surface area contributed by atoms with Crippen LogP contribution in [0.4, 0.5) is 0 Å². The highest BCUT2D eigenvalue weighted by Crippen LogP contribution is 2.17. The summed E-state index contributed by atoms with van der Waals surface area (Å²) < 4.78 is 4.66. The zero-order valence-electron chi connectivity index (χ0n) is 13.1. The van der Waals surface area contributed by atoms with E-state index < -0.39 is 11.8 Å². The summed E-state index contributed by atoms with van der Waals surface area (Å²) in [6, 6.07) is 14.7. The van der Waals surface area contributed by atoms with Crippen molar-refractivity contribution < 1.29 is 14.3 Å². The molecule has 0 heterocycles. The summed E-state index contributed by atoms with van der Waals surface area (Å²) >= 11 is 6.00. The number of carbonyl (C=O) groups is 2. The van der Waals surface area contributed by atoms with Crippen molar-refractivity contribution in [1.29, 1.82) is 0 Å². The maximum atomic E-state index is 11.7. The van der Waals surface area contributed by atoms with Crippen LogP contribution < -0.4 is 0 Å². The molecule has 0 aliphatic carbocycles. The quantitative estimate of drug-likeness (QED) is 0.368. The molecular formula is C20H15ClO3. The molecule has 0 bridgehead atoms. The molecule has 0 saturated heterocycles. The molecule has 0 aliphatic heterocycles. The first-order valence-corrected chi connectivity index (χ1v) is 7.73. The van der Waals surface area contributed by atoms with Crippen molar-refractivity contribution in [3.05, 3.63) is 76.3 Å². The molecular weight excluding hydrogens is 324 g/mol. The lowest BCUT2D eigenvalue weighted by Crippen LogP contribution is -2.14. The summed E-state index contributed by atoms with van der Waals surface area (Å²) in [5.41, 5.74) is 2.24. The summed E-state index contributed by atoms with van der Waals surface area (Å²) in [5, 5.41) is 0.517. The van der Waals surface area contributed by atoms with Crippen LogP contribution in [0.1, 0.15) is 23.6 Å². The van der Waals surface area contributed by atoms with E-state index in [4.69, 9.17) is 11.6 Å². The van der Waals surface area contributed by atoms with Crippen molar-refractivity contribution in [2.75, 3.05) is 6.61 Å². The molecule has 0 atom stereocenters. The van der Waals surface area contributed by atoms with Crippen LogP contribution in [0.2, 0.25) is 5.02 Å². The third-order valence-corrected chi connectivity index (χ3v) is 3.25. The lowest BCUT2D eigenvalue weighted by atomic mass is 10.1. The zero-order valence-corrected chi connectivity index (χ0v) is 13.8. The fraction of sp³-hybridized carbons (Fsp3) is 0.100. The van der Waals surface area contributed by atoms with Gasteiger partial charge in [0.25, 0.3) is 5.78 Å².